The second kappa shape index (κ2) is 4.73. The molecule has 0 aromatic heterocycles. The zero-order chi connectivity index (χ0) is 7.98. The van der Waals surface area contributed by atoms with Crippen molar-refractivity contribution in [1.82, 2.24) is 0 Å². The van der Waals surface area contributed by atoms with Gasteiger partial charge in [-0.3, -0.25) is 0 Å². The summed E-state index contributed by atoms with van der Waals surface area (Å²) in [5.74, 6) is -0.335. The summed E-state index contributed by atoms with van der Waals surface area (Å²) in [6, 6.07) is 0. The normalized spacial score (nSPS) is 9.80. The average molecular weight is 142 g/mol. The Labute approximate surface area is 60.6 Å². The first-order valence-corrected chi connectivity index (χ1v) is 3.05. The van der Waals surface area contributed by atoms with Gasteiger partial charge in [0.15, 0.2) is 6.20 Å². The number of hydrogen-bond acceptors (Lipinski definition) is 2. The van der Waals surface area contributed by atoms with Crippen LogP contribution < -0.4 is 0 Å². The molecule has 0 fully saturated rings. The smallest absolute Gasteiger partial charge is 0.336 e. The summed E-state index contributed by atoms with van der Waals surface area (Å²) < 4.78 is 6.14. The Morgan fingerprint density at radius 3 is 2.80 bits per heavy atom. The number of esters is 1. The molecule has 0 aliphatic rings. The molecule has 0 amide bonds. The minimum atomic E-state index is -0.335. The van der Waals surface area contributed by atoms with Crippen LogP contribution in [0.25, 0.3) is 0 Å². The molecule has 3 heteroatoms. The summed E-state index contributed by atoms with van der Waals surface area (Å²) >= 11 is 0. The Bertz CT molecular complexity index is 161. The second-order valence-corrected chi connectivity index (χ2v) is 1.82. The van der Waals surface area contributed by atoms with Crippen LogP contribution in [0, 0.1) is 0 Å². The molecule has 0 saturated carbocycles. The highest BCUT2D eigenvalue weighted by molar-refractivity contribution is 5.81. The zero-order valence-electron chi connectivity index (χ0n) is 6.33. The Balaban J connectivity index is 3.67. The first-order valence-electron chi connectivity index (χ1n) is 3.05. The highest BCUT2D eigenvalue weighted by Gasteiger charge is 1.93. The fraction of sp³-hybridized carbons (Fsp3) is 0.429. The lowest BCUT2D eigenvalue weighted by molar-refractivity contribution is -0.412. The lowest BCUT2D eigenvalue weighted by atomic mass is 10.6. The maximum absolute atomic E-state index is 10.6. The van der Waals surface area contributed by atoms with Gasteiger partial charge in [0.1, 0.15) is 13.8 Å². The van der Waals surface area contributed by atoms with Gasteiger partial charge >= 0.3 is 5.97 Å². The molecule has 56 valence electrons. The average Bonchev–Trinajstić information content (AvgIpc) is 1.85. The van der Waals surface area contributed by atoms with Crippen molar-refractivity contribution in [3.8, 4) is 0 Å². The second-order valence-electron chi connectivity index (χ2n) is 1.82. The van der Waals surface area contributed by atoms with Gasteiger partial charge < -0.3 is 4.74 Å². The van der Waals surface area contributed by atoms with Gasteiger partial charge in [-0.05, 0) is 6.92 Å². The molecular weight excluding hydrogens is 130 g/mol. The van der Waals surface area contributed by atoms with E-state index in [1.807, 2.05) is 0 Å². The van der Waals surface area contributed by atoms with Crippen molar-refractivity contribution >= 4 is 12.7 Å². The number of ether oxygens (including phenoxy) is 1. The molecule has 0 aliphatic carbocycles. The van der Waals surface area contributed by atoms with E-state index in [1.165, 1.54) is 16.9 Å². The van der Waals surface area contributed by atoms with Crippen LogP contribution in [0.5, 0.6) is 0 Å². The third kappa shape index (κ3) is 5.03. The van der Waals surface area contributed by atoms with Gasteiger partial charge in [0, 0.05) is 0 Å². The van der Waals surface area contributed by atoms with E-state index < -0.39 is 0 Å². The van der Waals surface area contributed by atoms with Crippen molar-refractivity contribution in [3.05, 3.63) is 12.3 Å². The highest BCUT2D eigenvalue weighted by Crippen LogP contribution is 1.79. The van der Waals surface area contributed by atoms with Crippen LogP contribution in [0.2, 0.25) is 0 Å². The highest BCUT2D eigenvalue weighted by atomic mass is 16.5. The van der Waals surface area contributed by atoms with Gasteiger partial charge in [-0.25, -0.2) is 9.37 Å². The zero-order valence-corrected chi connectivity index (χ0v) is 6.33. The van der Waals surface area contributed by atoms with Crippen LogP contribution in [0.1, 0.15) is 6.92 Å². The summed E-state index contributed by atoms with van der Waals surface area (Å²) in [6.45, 7) is 5.68. The monoisotopic (exact) mass is 142 g/mol. The summed E-state index contributed by atoms with van der Waals surface area (Å²) in [7, 11) is 1.73. The Hall–Kier alpha value is -1.12. The van der Waals surface area contributed by atoms with Crippen LogP contribution in [0.15, 0.2) is 12.3 Å². The molecule has 0 radical (unpaired) electrons. The van der Waals surface area contributed by atoms with E-state index in [0.717, 1.165) is 0 Å². The van der Waals surface area contributed by atoms with Gasteiger partial charge in [0.25, 0.3) is 0 Å². The standard InChI is InChI=1S/C7H12NO2/c1-4-10-7(9)5-6-8(2)3/h5-6H,2,4H2,1,3H3/q+1/b6-5+. The topological polar surface area (TPSA) is 29.3 Å². The van der Waals surface area contributed by atoms with Gasteiger partial charge in [0.2, 0.25) is 0 Å². The van der Waals surface area contributed by atoms with E-state index in [1.54, 1.807) is 14.0 Å². The molecule has 0 bridgehead atoms. The van der Waals surface area contributed by atoms with E-state index in [9.17, 15) is 4.79 Å². The maximum Gasteiger partial charge on any atom is 0.336 e. The van der Waals surface area contributed by atoms with Crippen LogP contribution in [-0.4, -0.2) is 30.9 Å². The van der Waals surface area contributed by atoms with Crippen molar-refractivity contribution in [3.63, 3.8) is 0 Å². The first kappa shape index (κ1) is 8.88. The molecule has 0 saturated heterocycles. The van der Waals surface area contributed by atoms with Crippen LogP contribution in [0.3, 0.4) is 0 Å². The maximum atomic E-state index is 10.6. The summed E-state index contributed by atoms with van der Waals surface area (Å²) in [4.78, 5) is 10.6. The van der Waals surface area contributed by atoms with Crippen molar-refractivity contribution in [1.29, 1.82) is 0 Å². The van der Waals surface area contributed by atoms with Gasteiger partial charge in [0.05, 0.1) is 12.7 Å². The number of carbonyl (C=O) groups is 1. The molecule has 0 atom stereocenters. The molecule has 0 aromatic rings. The van der Waals surface area contributed by atoms with Crippen LogP contribution in [-0.2, 0) is 9.53 Å². The minimum absolute atomic E-state index is 0.335. The SMILES string of the molecule is C=[N+](C)/C=C/C(=O)OCC. The van der Waals surface area contributed by atoms with Crippen LogP contribution in [0.4, 0.5) is 0 Å². The van der Waals surface area contributed by atoms with Gasteiger partial charge in [-0.15, -0.1) is 0 Å². The number of hydrogen-bond donors (Lipinski definition) is 0. The fourth-order valence-corrected chi connectivity index (χ4v) is 0.378. The van der Waals surface area contributed by atoms with Crippen LogP contribution >= 0.6 is 0 Å². The van der Waals surface area contributed by atoms with Crippen molar-refractivity contribution in [2.45, 2.75) is 6.92 Å². The fourth-order valence-electron chi connectivity index (χ4n) is 0.378. The van der Waals surface area contributed by atoms with Crippen molar-refractivity contribution in [2.24, 2.45) is 0 Å². The predicted octanol–water partition coefficient (Wildman–Crippen LogP) is 0.406. The van der Waals surface area contributed by atoms with E-state index in [-0.39, 0.29) is 5.97 Å². The number of carbonyl (C=O) groups excluding carboxylic acids is 1. The predicted molar refractivity (Wildman–Crippen MR) is 39.1 cm³/mol. The van der Waals surface area contributed by atoms with E-state index in [4.69, 9.17) is 0 Å². The molecule has 0 aliphatic heterocycles. The summed E-state index contributed by atoms with van der Waals surface area (Å²) in [5.41, 5.74) is 0. The first-order chi connectivity index (χ1) is 4.66. The van der Waals surface area contributed by atoms with Crippen molar-refractivity contribution in [2.75, 3.05) is 13.7 Å². The number of nitrogens with zero attached hydrogens (tertiary/aromatic N) is 1. The lowest BCUT2D eigenvalue weighted by Gasteiger charge is -1.91. The van der Waals surface area contributed by atoms with E-state index in [2.05, 4.69) is 11.5 Å². The number of rotatable bonds is 3. The molecule has 10 heavy (non-hydrogen) atoms. The molecule has 0 rings (SSSR count). The quantitative estimate of drug-likeness (QED) is 0.247. The Kier molecular flexibility index (Phi) is 4.20. The molecule has 0 spiro atoms. The molecule has 0 N–H and O–H groups in total. The Morgan fingerprint density at radius 2 is 2.40 bits per heavy atom. The largest absolute Gasteiger partial charge is 0.463 e. The summed E-state index contributed by atoms with van der Waals surface area (Å²) in [5, 5.41) is 0. The molecule has 0 aromatic carbocycles. The summed E-state index contributed by atoms with van der Waals surface area (Å²) in [6.07, 6.45) is 2.87. The Morgan fingerprint density at radius 1 is 1.80 bits per heavy atom. The third-order valence-electron chi connectivity index (χ3n) is 0.752. The molecular formula is C7H12NO2+. The van der Waals surface area contributed by atoms with Crippen molar-refractivity contribution < 1.29 is 14.1 Å². The van der Waals surface area contributed by atoms with E-state index >= 15 is 0 Å². The molecule has 0 heterocycles. The van der Waals surface area contributed by atoms with E-state index in [0.29, 0.717) is 6.61 Å². The van der Waals surface area contributed by atoms with Gasteiger partial charge in [-0.2, -0.15) is 0 Å². The lowest BCUT2D eigenvalue weighted by Crippen LogP contribution is -2.00. The molecule has 0 unspecified atom stereocenters. The van der Waals surface area contributed by atoms with Gasteiger partial charge in [-0.1, -0.05) is 0 Å². The third-order valence-corrected chi connectivity index (χ3v) is 0.752. The molecule has 3 nitrogen and oxygen atoms in total. The minimum Gasteiger partial charge on any atom is -0.463 e.